The third-order valence-electron chi connectivity index (χ3n) is 4.75. The molecule has 0 radical (unpaired) electrons. The zero-order chi connectivity index (χ0) is 24.5. The standard InChI is InChI=1S/C21H18ClF5N4O2/c1-4-15-13(23)5-6-16(28-15)11-8-17(33-10(3)21(25,26)27)12(7-14(11)24)20(32)29-18-9(2)30-31-19(18)22/h5-8,10H,4H2,1-3H3,(H,29,32)(H,30,31)/t10-/m0/s1. The van der Waals surface area contributed by atoms with Crippen LogP contribution in [0.2, 0.25) is 5.15 Å². The maximum atomic E-state index is 15.0. The molecule has 0 aliphatic heterocycles. The number of amides is 1. The average Bonchev–Trinajstić information content (AvgIpc) is 3.06. The van der Waals surface area contributed by atoms with Crippen LogP contribution in [0.1, 0.15) is 35.6 Å². The topological polar surface area (TPSA) is 79.9 Å². The lowest BCUT2D eigenvalue weighted by Crippen LogP contribution is -2.32. The molecule has 0 aliphatic rings. The van der Waals surface area contributed by atoms with E-state index in [1.807, 2.05) is 0 Å². The molecule has 33 heavy (non-hydrogen) atoms. The van der Waals surface area contributed by atoms with Crippen molar-refractivity contribution in [2.45, 2.75) is 39.5 Å². The highest BCUT2D eigenvalue weighted by Crippen LogP contribution is 2.34. The van der Waals surface area contributed by atoms with Crippen LogP contribution in [0.25, 0.3) is 11.3 Å². The minimum Gasteiger partial charge on any atom is -0.480 e. The number of aryl methyl sites for hydroxylation is 2. The molecule has 6 nitrogen and oxygen atoms in total. The van der Waals surface area contributed by atoms with E-state index in [1.54, 1.807) is 6.92 Å². The van der Waals surface area contributed by atoms with Crippen molar-refractivity contribution >= 4 is 23.2 Å². The molecule has 3 aromatic rings. The molecule has 1 atom stereocenters. The fourth-order valence-corrected chi connectivity index (χ4v) is 3.12. The zero-order valence-electron chi connectivity index (χ0n) is 17.6. The summed E-state index contributed by atoms with van der Waals surface area (Å²) in [7, 11) is 0. The maximum Gasteiger partial charge on any atom is 0.425 e. The molecular weight excluding hydrogens is 471 g/mol. The number of alkyl halides is 3. The van der Waals surface area contributed by atoms with Gasteiger partial charge in [-0.15, -0.1) is 0 Å². The van der Waals surface area contributed by atoms with Crippen LogP contribution in [0.5, 0.6) is 5.75 Å². The number of aromatic nitrogens is 3. The summed E-state index contributed by atoms with van der Waals surface area (Å²) in [6.45, 7) is 3.91. The van der Waals surface area contributed by atoms with Gasteiger partial charge in [0.15, 0.2) is 6.10 Å². The van der Waals surface area contributed by atoms with Crippen molar-refractivity contribution in [2.75, 3.05) is 5.32 Å². The van der Waals surface area contributed by atoms with E-state index in [0.717, 1.165) is 25.1 Å². The van der Waals surface area contributed by atoms with Gasteiger partial charge in [0.05, 0.1) is 22.6 Å². The summed E-state index contributed by atoms with van der Waals surface area (Å²) in [6.07, 6.45) is -6.86. The number of carbonyl (C=O) groups is 1. The Kier molecular flexibility index (Phi) is 6.92. The molecule has 3 rings (SSSR count). The molecule has 0 spiro atoms. The van der Waals surface area contributed by atoms with E-state index in [0.29, 0.717) is 5.69 Å². The summed E-state index contributed by atoms with van der Waals surface area (Å²) in [6, 6.07) is 3.90. The van der Waals surface area contributed by atoms with Crippen LogP contribution in [0.4, 0.5) is 27.6 Å². The van der Waals surface area contributed by atoms with Gasteiger partial charge in [-0.25, -0.2) is 13.8 Å². The quantitative estimate of drug-likeness (QED) is 0.426. The number of benzene rings is 1. The molecule has 0 aliphatic carbocycles. The smallest absolute Gasteiger partial charge is 0.425 e. The van der Waals surface area contributed by atoms with Gasteiger partial charge in [-0.3, -0.25) is 9.89 Å². The number of anilines is 1. The number of hydrogen-bond donors (Lipinski definition) is 2. The molecule has 2 heterocycles. The second kappa shape index (κ2) is 9.34. The van der Waals surface area contributed by atoms with Crippen LogP contribution in [0.15, 0.2) is 24.3 Å². The number of carbonyl (C=O) groups excluding carboxylic acids is 1. The summed E-state index contributed by atoms with van der Waals surface area (Å²) in [5, 5.41) is 8.58. The molecule has 0 fully saturated rings. The summed E-state index contributed by atoms with van der Waals surface area (Å²) >= 11 is 5.91. The molecule has 0 saturated heterocycles. The highest BCUT2D eigenvalue weighted by Gasteiger charge is 2.39. The average molecular weight is 489 g/mol. The van der Waals surface area contributed by atoms with Gasteiger partial charge in [0, 0.05) is 5.56 Å². The van der Waals surface area contributed by atoms with Crippen LogP contribution in [-0.2, 0) is 6.42 Å². The first-order chi connectivity index (χ1) is 15.4. The fraction of sp³-hybridized carbons (Fsp3) is 0.286. The number of nitrogens with zero attached hydrogens (tertiary/aromatic N) is 2. The summed E-state index contributed by atoms with van der Waals surface area (Å²) in [4.78, 5) is 16.8. The number of rotatable bonds is 6. The summed E-state index contributed by atoms with van der Waals surface area (Å²) in [5.74, 6) is -3.09. The van der Waals surface area contributed by atoms with Gasteiger partial charge in [0.2, 0.25) is 0 Å². The van der Waals surface area contributed by atoms with Gasteiger partial charge in [0.25, 0.3) is 5.91 Å². The Morgan fingerprint density at radius 3 is 2.52 bits per heavy atom. The Morgan fingerprint density at radius 1 is 1.24 bits per heavy atom. The molecular formula is C21H18ClF5N4O2. The maximum absolute atomic E-state index is 15.0. The van der Waals surface area contributed by atoms with Crippen LogP contribution in [-0.4, -0.2) is 33.4 Å². The van der Waals surface area contributed by atoms with E-state index >= 15 is 0 Å². The number of nitrogens with one attached hydrogen (secondary N) is 2. The fourth-order valence-electron chi connectivity index (χ4n) is 2.89. The number of aromatic amines is 1. The number of hydrogen-bond acceptors (Lipinski definition) is 4. The Bertz CT molecular complexity index is 1180. The number of ether oxygens (including phenoxy) is 1. The van der Waals surface area contributed by atoms with Crippen molar-refractivity contribution in [2.24, 2.45) is 0 Å². The van der Waals surface area contributed by atoms with Crippen molar-refractivity contribution < 1.29 is 31.5 Å². The first-order valence-corrected chi connectivity index (χ1v) is 10.0. The molecule has 0 saturated carbocycles. The highest BCUT2D eigenvalue weighted by atomic mass is 35.5. The molecule has 0 bridgehead atoms. The van der Waals surface area contributed by atoms with E-state index in [1.165, 1.54) is 13.0 Å². The number of pyridine rings is 1. The van der Waals surface area contributed by atoms with Crippen molar-refractivity contribution in [1.82, 2.24) is 15.2 Å². The molecule has 1 aromatic carbocycles. The first-order valence-electron chi connectivity index (χ1n) is 9.66. The van der Waals surface area contributed by atoms with Crippen molar-refractivity contribution in [1.29, 1.82) is 0 Å². The summed E-state index contributed by atoms with van der Waals surface area (Å²) in [5.41, 5.74) is -0.376. The lowest BCUT2D eigenvalue weighted by atomic mass is 10.0. The van der Waals surface area contributed by atoms with E-state index in [9.17, 15) is 26.7 Å². The molecule has 1 amide bonds. The Morgan fingerprint density at radius 2 is 1.94 bits per heavy atom. The minimum absolute atomic E-state index is 0.0216. The van der Waals surface area contributed by atoms with Crippen LogP contribution in [0.3, 0.4) is 0 Å². The van der Waals surface area contributed by atoms with Gasteiger partial charge in [-0.2, -0.15) is 18.3 Å². The molecule has 12 heteroatoms. The van der Waals surface area contributed by atoms with Gasteiger partial charge in [-0.05, 0) is 44.5 Å². The predicted octanol–water partition coefficient (Wildman–Crippen LogP) is 5.86. The van der Waals surface area contributed by atoms with E-state index in [2.05, 4.69) is 20.5 Å². The largest absolute Gasteiger partial charge is 0.480 e. The Labute approximate surface area is 190 Å². The van der Waals surface area contributed by atoms with Crippen LogP contribution < -0.4 is 10.1 Å². The van der Waals surface area contributed by atoms with Crippen LogP contribution in [0, 0.1) is 18.6 Å². The summed E-state index contributed by atoms with van der Waals surface area (Å²) < 4.78 is 73.2. The predicted molar refractivity (Wildman–Crippen MR) is 111 cm³/mol. The Hall–Kier alpha value is -3.21. The molecule has 0 unspecified atom stereocenters. The SMILES string of the molecule is CCc1nc(-c2cc(O[C@@H](C)C(F)(F)F)c(C(=O)Nc3c(C)n[nH]c3Cl)cc2F)ccc1F. The first kappa shape index (κ1) is 24.4. The molecule has 2 aromatic heterocycles. The van der Waals surface area contributed by atoms with Crippen molar-refractivity contribution in [3.63, 3.8) is 0 Å². The van der Waals surface area contributed by atoms with E-state index < -0.39 is 41.1 Å². The highest BCUT2D eigenvalue weighted by molar-refractivity contribution is 6.33. The lowest BCUT2D eigenvalue weighted by Gasteiger charge is -2.20. The molecule has 176 valence electrons. The second-order valence-electron chi connectivity index (χ2n) is 7.06. The van der Waals surface area contributed by atoms with Gasteiger partial charge < -0.3 is 10.1 Å². The van der Waals surface area contributed by atoms with Crippen molar-refractivity contribution in [3.05, 3.63) is 58.0 Å². The van der Waals surface area contributed by atoms with E-state index in [4.69, 9.17) is 16.3 Å². The van der Waals surface area contributed by atoms with Gasteiger partial charge in [0.1, 0.15) is 28.2 Å². The normalized spacial score (nSPS) is 12.5. The zero-order valence-corrected chi connectivity index (χ0v) is 18.3. The number of halogens is 6. The third kappa shape index (κ3) is 5.24. The third-order valence-corrected chi connectivity index (χ3v) is 5.02. The van der Waals surface area contributed by atoms with E-state index in [-0.39, 0.29) is 34.2 Å². The van der Waals surface area contributed by atoms with Gasteiger partial charge in [-0.1, -0.05) is 18.5 Å². The Balaban J connectivity index is 2.10. The second-order valence-corrected chi connectivity index (χ2v) is 7.44. The number of H-pyrrole nitrogens is 1. The van der Waals surface area contributed by atoms with Crippen LogP contribution >= 0.6 is 11.6 Å². The molecule has 2 N–H and O–H groups in total. The monoisotopic (exact) mass is 488 g/mol. The van der Waals surface area contributed by atoms with Crippen molar-refractivity contribution in [3.8, 4) is 17.0 Å². The minimum atomic E-state index is -4.75. The lowest BCUT2D eigenvalue weighted by molar-refractivity contribution is -0.189. The van der Waals surface area contributed by atoms with Gasteiger partial charge >= 0.3 is 6.18 Å².